The third-order valence-electron chi connectivity index (χ3n) is 0.926. The molecule has 0 aliphatic heterocycles. The predicted octanol–water partition coefficient (Wildman–Crippen LogP) is 0.868. The number of rotatable bonds is 4. The van der Waals surface area contributed by atoms with Crippen molar-refractivity contribution >= 4 is 21.5 Å². The van der Waals surface area contributed by atoms with Crippen molar-refractivity contribution in [3.63, 3.8) is 0 Å². The number of carbonyl (C=O) groups excluding carboxylic acids is 1. The van der Waals surface area contributed by atoms with E-state index in [2.05, 4.69) is 5.79 Å². The molecule has 0 saturated heterocycles. The Hall–Kier alpha value is 0.202. The Bertz CT molecular complexity index is 45.3. The van der Waals surface area contributed by atoms with Crippen LogP contribution in [0, 0.1) is 0 Å². The summed E-state index contributed by atoms with van der Waals surface area (Å²) in [5.74, 6) is 2.27. The van der Waals surface area contributed by atoms with Crippen LogP contribution in [0.2, 0.25) is 11.1 Å². The molecule has 7 heavy (non-hydrogen) atoms. The lowest BCUT2D eigenvalue weighted by Crippen LogP contribution is -1.80. The SMILES string of the molecule is [CH3][AlH][CH2]CCC=O. The maximum Gasteiger partial charge on any atom is 0.233 e. The highest BCUT2D eigenvalue weighted by molar-refractivity contribution is 6.33. The number of hydrogen-bond acceptors (Lipinski definition) is 1. The summed E-state index contributed by atoms with van der Waals surface area (Å²) in [6.07, 6.45) is 2.91. The number of unbranched alkanes of at least 4 members (excludes halogenated alkanes) is 1. The Kier molecular flexibility index (Phi) is 6.38. The van der Waals surface area contributed by atoms with Gasteiger partial charge in [0.2, 0.25) is 15.2 Å². The molecule has 0 aromatic heterocycles. The Morgan fingerprint density at radius 1 is 1.71 bits per heavy atom. The van der Waals surface area contributed by atoms with Crippen molar-refractivity contribution in [3.8, 4) is 0 Å². The fourth-order valence-electron chi connectivity index (χ4n) is 0.478. The van der Waals surface area contributed by atoms with Crippen molar-refractivity contribution in [3.05, 3.63) is 0 Å². The largest absolute Gasteiger partial charge is 0.303 e. The van der Waals surface area contributed by atoms with E-state index in [1.165, 1.54) is 5.28 Å². The van der Waals surface area contributed by atoms with Crippen LogP contribution in [0.3, 0.4) is 0 Å². The van der Waals surface area contributed by atoms with Gasteiger partial charge in [-0.1, -0.05) is 11.7 Å². The van der Waals surface area contributed by atoms with E-state index in [1.807, 2.05) is 0 Å². The molecule has 0 bridgehead atoms. The van der Waals surface area contributed by atoms with Crippen molar-refractivity contribution in [2.24, 2.45) is 0 Å². The summed E-state index contributed by atoms with van der Waals surface area (Å²) in [6.45, 7) is 0. The lowest BCUT2D eigenvalue weighted by Gasteiger charge is -1.83. The molecule has 0 aromatic carbocycles. The predicted molar refractivity (Wildman–Crippen MR) is 33.1 cm³/mol. The van der Waals surface area contributed by atoms with Crippen LogP contribution >= 0.6 is 0 Å². The van der Waals surface area contributed by atoms with Crippen molar-refractivity contribution in [2.45, 2.75) is 23.9 Å². The highest BCUT2D eigenvalue weighted by Gasteiger charge is 1.83. The van der Waals surface area contributed by atoms with Gasteiger partial charge in [0, 0.05) is 6.42 Å². The first-order chi connectivity index (χ1) is 3.41. The van der Waals surface area contributed by atoms with E-state index in [9.17, 15) is 4.79 Å². The first-order valence-electron chi connectivity index (χ1n) is 2.85. The van der Waals surface area contributed by atoms with Gasteiger partial charge in [-0.15, -0.1) is 5.79 Å². The van der Waals surface area contributed by atoms with Crippen LogP contribution in [0.5, 0.6) is 0 Å². The molecule has 0 aromatic rings. The second kappa shape index (κ2) is 6.20. The zero-order valence-corrected chi connectivity index (χ0v) is 6.23. The summed E-state index contributed by atoms with van der Waals surface area (Å²) in [5, 5.41) is 1.33. The molecular weight excluding hydrogens is 103 g/mol. The molecule has 2 heteroatoms. The van der Waals surface area contributed by atoms with Crippen LogP contribution in [0.4, 0.5) is 0 Å². The lowest BCUT2D eigenvalue weighted by molar-refractivity contribution is -0.107. The maximum absolute atomic E-state index is 9.70. The van der Waals surface area contributed by atoms with Crippen molar-refractivity contribution in [1.29, 1.82) is 0 Å². The Morgan fingerprint density at radius 3 is 2.86 bits per heavy atom. The Labute approximate surface area is 50.8 Å². The van der Waals surface area contributed by atoms with E-state index in [-0.39, 0.29) is 15.2 Å². The Balaban J connectivity index is 2.56. The van der Waals surface area contributed by atoms with Crippen molar-refractivity contribution in [2.75, 3.05) is 0 Å². The minimum atomic E-state index is 0.235. The summed E-state index contributed by atoms with van der Waals surface area (Å²) in [5.41, 5.74) is 0. The molecule has 40 valence electrons. The van der Waals surface area contributed by atoms with Crippen LogP contribution < -0.4 is 0 Å². The van der Waals surface area contributed by atoms with Crippen LogP contribution in [0.25, 0.3) is 0 Å². The van der Waals surface area contributed by atoms with E-state index in [1.54, 1.807) is 0 Å². The Morgan fingerprint density at radius 2 is 2.43 bits per heavy atom. The smallest absolute Gasteiger partial charge is 0.233 e. The molecule has 0 radical (unpaired) electrons. The molecule has 1 nitrogen and oxygen atoms in total. The molecule has 0 aliphatic carbocycles. The van der Waals surface area contributed by atoms with E-state index in [0.717, 1.165) is 19.1 Å². The molecule has 0 rings (SSSR count). The minimum Gasteiger partial charge on any atom is -0.303 e. The average molecular weight is 114 g/mol. The van der Waals surface area contributed by atoms with Gasteiger partial charge in [0.1, 0.15) is 6.29 Å². The maximum atomic E-state index is 9.70. The van der Waals surface area contributed by atoms with Gasteiger partial charge in [0.05, 0.1) is 0 Å². The summed E-state index contributed by atoms with van der Waals surface area (Å²) < 4.78 is 0. The van der Waals surface area contributed by atoms with E-state index in [4.69, 9.17) is 0 Å². The van der Waals surface area contributed by atoms with Gasteiger partial charge in [-0.3, -0.25) is 0 Å². The number of aldehydes is 1. The van der Waals surface area contributed by atoms with Gasteiger partial charge in [-0.05, 0) is 0 Å². The molecule has 0 amide bonds. The molecular formula is C5H11AlO. The van der Waals surface area contributed by atoms with Crippen molar-refractivity contribution < 1.29 is 4.79 Å². The van der Waals surface area contributed by atoms with E-state index in [0.29, 0.717) is 0 Å². The second-order valence-electron chi connectivity index (χ2n) is 1.66. The van der Waals surface area contributed by atoms with Crippen LogP contribution in [0.1, 0.15) is 12.8 Å². The van der Waals surface area contributed by atoms with E-state index >= 15 is 0 Å². The topological polar surface area (TPSA) is 17.1 Å². The molecule has 0 aliphatic rings. The van der Waals surface area contributed by atoms with Crippen LogP contribution in [-0.2, 0) is 4.79 Å². The standard InChI is InChI=1S/C4H7O.CH3.Al.H/c1-2-3-4-5;;;/h4H,1-3H2;1H3;;. The molecule has 0 N–H and O–H groups in total. The second-order valence-corrected chi connectivity index (χ2v) is 3.37. The number of carbonyl (C=O) groups is 1. The monoisotopic (exact) mass is 114 g/mol. The fourth-order valence-corrected chi connectivity index (χ4v) is 1.27. The van der Waals surface area contributed by atoms with Gasteiger partial charge >= 0.3 is 0 Å². The molecule has 0 spiro atoms. The van der Waals surface area contributed by atoms with Crippen molar-refractivity contribution in [1.82, 2.24) is 0 Å². The summed E-state index contributed by atoms with van der Waals surface area (Å²) >= 11 is 0.235. The molecule has 0 unspecified atom stereocenters. The highest BCUT2D eigenvalue weighted by atomic mass is 27.1. The van der Waals surface area contributed by atoms with Gasteiger partial charge in [0.25, 0.3) is 0 Å². The molecule has 0 saturated carbocycles. The first-order valence-corrected chi connectivity index (χ1v) is 5.27. The number of hydrogen-bond donors (Lipinski definition) is 0. The van der Waals surface area contributed by atoms with Gasteiger partial charge < -0.3 is 4.79 Å². The lowest BCUT2D eigenvalue weighted by atomic mass is 10.4. The van der Waals surface area contributed by atoms with E-state index < -0.39 is 0 Å². The summed E-state index contributed by atoms with van der Waals surface area (Å²) in [4.78, 5) is 9.70. The zero-order chi connectivity index (χ0) is 5.54. The average Bonchev–Trinajstić information content (AvgIpc) is 1.69. The quantitative estimate of drug-likeness (QED) is 0.301. The third-order valence-corrected chi connectivity index (χ3v) is 2.13. The third kappa shape index (κ3) is 6.20. The summed E-state index contributed by atoms with van der Waals surface area (Å²) in [7, 11) is 0. The highest BCUT2D eigenvalue weighted by Crippen LogP contribution is 1.89. The van der Waals surface area contributed by atoms with Gasteiger partial charge in [-0.2, -0.15) is 0 Å². The summed E-state index contributed by atoms with van der Waals surface area (Å²) in [6, 6.07) is 0. The van der Waals surface area contributed by atoms with Gasteiger partial charge in [-0.25, -0.2) is 0 Å². The molecule has 0 heterocycles. The molecule has 0 fully saturated rings. The first kappa shape index (κ1) is 7.20. The fraction of sp³-hybridized carbons (Fsp3) is 0.800. The zero-order valence-electron chi connectivity index (χ0n) is 4.81. The molecule has 0 atom stereocenters. The van der Waals surface area contributed by atoms with Gasteiger partial charge in [0.15, 0.2) is 0 Å². The van der Waals surface area contributed by atoms with Crippen LogP contribution in [-0.4, -0.2) is 21.5 Å². The normalized spacial score (nSPS) is 8.14. The van der Waals surface area contributed by atoms with Crippen LogP contribution in [0.15, 0.2) is 0 Å². The minimum absolute atomic E-state index is 0.235.